The molecule has 0 radical (unpaired) electrons. The van der Waals surface area contributed by atoms with Crippen molar-refractivity contribution in [3.05, 3.63) is 34.9 Å². The van der Waals surface area contributed by atoms with E-state index in [-0.39, 0.29) is 36.7 Å². The van der Waals surface area contributed by atoms with Crippen molar-refractivity contribution in [3.8, 4) is 0 Å². The predicted octanol–water partition coefficient (Wildman–Crippen LogP) is 3.18. The van der Waals surface area contributed by atoms with Crippen molar-refractivity contribution in [2.45, 2.75) is 39.2 Å². The summed E-state index contributed by atoms with van der Waals surface area (Å²) in [6.45, 7) is 7.18. The second kappa shape index (κ2) is 11.4. The van der Waals surface area contributed by atoms with Gasteiger partial charge in [0.1, 0.15) is 0 Å². The predicted molar refractivity (Wildman–Crippen MR) is 108 cm³/mol. The molecule has 1 aliphatic heterocycles. The minimum atomic E-state index is -0.318. The van der Waals surface area contributed by atoms with Crippen molar-refractivity contribution in [1.29, 1.82) is 0 Å². The van der Waals surface area contributed by atoms with Crippen LogP contribution in [0.1, 0.15) is 44.7 Å². The molecule has 0 saturated carbocycles. The van der Waals surface area contributed by atoms with Gasteiger partial charge in [-0.05, 0) is 49.5 Å². The number of piperidine rings is 1. The van der Waals surface area contributed by atoms with E-state index in [0.717, 1.165) is 44.6 Å². The van der Waals surface area contributed by atoms with Gasteiger partial charge in [-0.1, -0.05) is 30.7 Å². The summed E-state index contributed by atoms with van der Waals surface area (Å²) in [6.07, 6.45) is 2.34. The van der Waals surface area contributed by atoms with E-state index in [1.165, 1.54) is 6.92 Å². The van der Waals surface area contributed by atoms with Gasteiger partial charge in [-0.25, -0.2) is 0 Å². The third-order valence-electron chi connectivity index (χ3n) is 4.68. The lowest BCUT2D eigenvalue weighted by Crippen LogP contribution is -2.42. The normalized spacial score (nSPS) is 15.9. The molecule has 0 aliphatic carbocycles. The van der Waals surface area contributed by atoms with Crippen LogP contribution >= 0.6 is 24.0 Å². The van der Waals surface area contributed by atoms with E-state index in [0.29, 0.717) is 10.9 Å². The molecule has 2 N–H and O–H groups in total. The van der Waals surface area contributed by atoms with Gasteiger partial charge >= 0.3 is 0 Å². The van der Waals surface area contributed by atoms with Crippen molar-refractivity contribution in [2.75, 3.05) is 26.2 Å². The zero-order valence-corrected chi connectivity index (χ0v) is 17.0. The largest absolute Gasteiger partial charge is 0.349 e. The molecule has 1 fully saturated rings. The molecule has 2 amide bonds. The van der Waals surface area contributed by atoms with Crippen LogP contribution in [0, 0.1) is 5.92 Å². The van der Waals surface area contributed by atoms with Crippen molar-refractivity contribution in [1.82, 2.24) is 15.5 Å². The Bertz CT molecular complexity index is 573. The molecule has 1 aliphatic rings. The first-order valence-electron chi connectivity index (χ1n) is 9.00. The second-order valence-electron chi connectivity index (χ2n) is 6.64. The van der Waals surface area contributed by atoms with Crippen molar-refractivity contribution in [2.24, 2.45) is 5.92 Å². The number of amides is 2. The SMILES string of the molecule is CCNCC1CCN(C(=O)CC(NC(C)=O)c2ccc(Cl)cc2)CC1.Cl. The standard InChI is InChI=1S/C19H28ClN3O2.ClH/c1-3-21-13-15-8-10-23(11-9-15)19(25)12-18(22-14(2)24)16-4-6-17(20)7-5-16;/h4-7,15,18,21H,3,8-13H2,1-2H3,(H,22,24);1H. The number of benzene rings is 1. The maximum absolute atomic E-state index is 12.7. The fourth-order valence-corrected chi connectivity index (χ4v) is 3.36. The molecule has 0 bridgehead atoms. The molecule has 1 unspecified atom stereocenters. The number of likely N-dealkylation sites (tertiary alicyclic amines) is 1. The summed E-state index contributed by atoms with van der Waals surface area (Å²) in [7, 11) is 0. The molecule has 0 spiro atoms. The van der Waals surface area contributed by atoms with E-state index in [1.54, 1.807) is 12.1 Å². The third-order valence-corrected chi connectivity index (χ3v) is 4.93. The van der Waals surface area contributed by atoms with Gasteiger partial charge < -0.3 is 15.5 Å². The zero-order chi connectivity index (χ0) is 18.2. The lowest BCUT2D eigenvalue weighted by atomic mass is 9.95. The number of carbonyl (C=O) groups excluding carboxylic acids is 2. The quantitative estimate of drug-likeness (QED) is 0.737. The first-order valence-corrected chi connectivity index (χ1v) is 9.38. The van der Waals surface area contributed by atoms with Gasteiger partial charge in [-0.15, -0.1) is 12.4 Å². The van der Waals surface area contributed by atoms with Crippen LogP contribution in [-0.2, 0) is 9.59 Å². The van der Waals surface area contributed by atoms with Gasteiger partial charge in [0.2, 0.25) is 11.8 Å². The molecule has 2 rings (SSSR count). The van der Waals surface area contributed by atoms with Crippen molar-refractivity contribution < 1.29 is 9.59 Å². The van der Waals surface area contributed by atoms with Crippen LogP contribution in [0.4, 0.5) is 0 Å². The summed E-state index contributed by atoms with van der Waals surface area (Å²) >= 11 is 5.93. The Hall–Kier alpha value is -1.30. The van der Waals surface area contributed by atoms with Gasteiger partial charge in [-0.2, -0.15) is 0 Å². The van der Waals surface area contributed by atoms with Crippen LogP contribution < -0.4 is 10.6 Å². The smallest absolute Gasteiger partial charge is 0.224 e. The van der Waals surface area contributed by atoms with Gasteiger partial charge in [-0.3, -0.25) is 9.59 Å². The monoisotopic (exact) mass is 401 g/mol. The fourth-order valence-electron chi connectivity index (χ4n) is 3.23. The molecule has 1 atom stereocenters. The minimum Gasteiger partial charge on any atom is -0.349 e. The average molecular weight is 402 g/mol. The zero-order valence-electron chi connectivity index (χ0n) is 15.5. The number of hydrogen-bond acceptors (Lipinski definition) is 3. The lowest BCUT2D eigenvalue weighted by Gasteiger charge is -2.33. The van der Waals surface area contributed by atoms with Crippen LogP contribution in [0.5, 0.6) is 0 Å². The van der Waals surface area contributed by atoms with E-state index in [9.17, 15) is 9.59 Å². The van der Waals surface area contributed by atoms with Gasteiger partial charge in [0.05, 0.1) is 12.5 Å². The molecule has 146 valence electrons. The van der Waals surface area contributed by atoms with Gasteiger partial charge in [0.15, 0.2) is 0 Å². The fraction of sp³-hybridized carbons (Fsp3) is 0.579. The van der Waals surface area contributed by atoms with Gasteiger partial charge in [0, 0.05) is 25.0 Å². The number of hydrogen-bond donors (Lipinski definition) is 2. The van der Waals surface area contributed by atoms with Gasteiger partial charge in [0.25, 0.3) is 0 Å². The summed E-state index contributed by atoms with van der Waals surface area (Å²) in [5, 5.41) is 6.90. The number of halogens is 2. The topological polar surface area (TPSA) is 61.4 Å². The summed E-state index contributed by atoms with van der Waals surface area (Å²) in [4.78, 5) is 26.1. The average Bonchev–Trinajstić information content (AvgIpc) is 2.60. The molecule has 5 nitrogen and oxygen atoms in total. The minimum absolute atomic E-state index is 0. The van der Waals surface area contributed by atoms with E-state index in [4.69, 9.17) is 11.6 Å². The number of nitrogens with one attached hydrogen (secondary N) is 2. The van der Waals surface area contributed by atoms with Crippen LogP contribution in [-0.4, -0.2) is 42.9 Å². The molecule has 26 heavy (non-hydrogen) atoms. The molecule has 1 saturated heterocycles. The first kappa shape index (κ1) is 22.7. The molecule has 1 aromatic carbocycles. The number of rotatable bonds is 7. The van der Waals surface area contributed by atoms with Crippen molar-refractivity contribution in [3.63, 3.8) is 0 Å². The van der Waals surface area contributed by atoms with E-state index >= 15 is 0 Å². The number of nitrogens with zero attached hydrogens (tertiary/aromatic N) is 1. The van der Waals surface area contributed by atoms with Crippen molar-refractivity contribution >= 4 is 35.8 Å². The molecular weight excluding hydrogens is 373 g/mol. The number of carbonyl (C=O) groups is 2. The Morgan fingerprint density at radius 1 is 1.23 bits per heavy atom. The van der Waals surface area contributed by atoms with Crippen LogP contribution in [0.3, 0.4) is 0 Å². The Morgan fingerprint density at radius 3 is 2.38 bits per heavy atom. The molecule has 1 heterocycles. The maximum atomic E-state index is 12.7. The summed E-state index contributed by atoms with van der Waals surface area (Å²) in [5.74, 6) is 0.596. The molecule has 1 aromatic rings. The Balaban J connectivity index is 0.00000338. The Labute approximate surface area is 167 Å². The van der Waals surface area contributed by atoms with E-state index in [1.807, 2.05) is 17.0 Å². The third kappa shape index (κ3) is 7.14. The van der Waals surface area contributed by atoms with Crippen LogP contribution in [0.2, 0.25) is 5.02 Å². The van der Waals surface area contributed by atoms with E-state index in [2.05, 4.69) is 17.6 Å². The highest BCUT2D eigenvalue weighted by molar-refractivity contribution is 6.30. The highest BCUT2D eigenvalue weighted by Crippen LogP contribution is 2.23. The summed E-state index contributed by atoms with van der Waals surface area (Å²) in [6, 6.07) is 6.96. The highest BCUT2D eigenvalue weighted by atomic mass is 35.5. The molecule has 7 heteroatoms. The highest BCUT2D eigenvalue weighted by Gasteiger charge is 2.25. The van der Waals surface area contributed by atoms with Crippen LogP contribution in [0.25, 0.3) is 0 Å². The summed E-state index contributed by atoms with van der Waals surface area (Å²) < 4.78 is 0. The molecule has 0 aromatic heterocycles. The second-order valence-corrected chi connectivity index (χ2v) is 7.08. The Kier molecular flexibility index (Phi) is 9.99. The summed E-state index contributed by atoms with van der Waals surface area (Å²) in [5.41, 5.74) is 0.898. The molecular formula is C19H29Cl2N3O2. The Morgan fingerprint density at radius 2 is 1.85 bits per heavy atom. The maximum Gasteiger partial charge on any atom is 0.224 e. The van der Waals surface area contributed by atoms with E-state index < -0.39 is 0 Å². The van der Waals surface area contributed by atoms with Crippen LogP contribution in [0.15, 0.2) is 24.3 Å². The lowest BCUT2D eigenvalue weighted by molar-refractivity contribution is -0.133. The first-order chi connectivity index (χ1) is 12.0.